The fraction of sp³-hybridized carbons (Fsp3) is 0.667. The van der Waals surface area contributed by atoms with Crippen LogP contribution in [0, 0.1) is 6.92 Å². The standard InChI is InChI=1S/C9H12BrNOS/c1-6-8(11-9(10)13-6)7-4-2-3-5-12-7/h7H,2-5H2,1H3. The summed E-state index contributed by atoms with van der Waals surface area (Å²) in [4.78, 5) is 5.72. The summed E-state index contributed by atoms with van der Waals surface area (Å²) >= 11 is 5.09. The second-order valence-electron chi connectivity index (χ2n) is 3.26. The quantitative estimate of drug-likeness (QED) is 0.773. The molecule has 0 bridgehead atoms. The van der Waals surface area contributed by atoms with E-state index in [1.165, 1.54) is 17.7 Å². The van der Waals surface area contributed by atoms with E-state index in [1.54, 1.807) is 11.3 Å². The van der Waals surface area contributed by atoms with Crippen molar-refractivity contribution in [2.24, 2.45) is 0 Å². The molecular weight excluding hydrogens is 250 g/mol. The van der Waals surface area contributed by atoms with Crippen molar-refractivity contribution in [3.8, 4) is 0 Å². The van der Waals surface area contributed by atoms with Gasteiger partial charge in [0.1, 0.15) is 6.10 Å². The molecule has 1 aromatic heterocycles. The van der Waals surface area contributed by atoms with E-state index in [0.29, 0.717) is 0 Å². The highest BCUT2D eigenvalue weighted by Gasteiger charge is 2.20. The monoisotopic (exact) mass is 261 g/mol. The highest BCUT2D eigenvalue weighted by atomic mass is 79.9. The van der Waals surface area contributed by atoms with Gasteiger partial charge in [0.05, 0.1) is 5.69 Å². The average molecular weight is 262 g/mol. The Hall–Kier alpha value is 0.0700. The van der Waals surface area contributed by atoms with Crippen molar-refractivity contribution in [3.63, 3.8) is 0 Å². The lowest BCUT2D eigenvalue weighted by Gasteiger charge is -2.21. The number of halogens is 1. The lowest BCUT2D eigenvalue weighted by molar-refractivity contribution is 0.0123. The Morgan fingerprint density at radius 2 is 2.38 bits per heavy atom. The maximum atomic E-state index is 5.68. The molecule has 0 amide bonds. The van der Waals surface area contributed by atoms with Gasteiger partial charge in [-0.25, -0.2) is 4.98 Å². The predicted molar refractivity (Wildman–Crippen MR) is 57.1 cm³/mol. The molecule has 2 nitrogen and oxygen atoms in total. The van der Waals surface area contributed by atoms with E-state index in [1.807, 2.05) is 0 Å². The van der Waals surface area contributed by atoms with E-state index in [0.717, 1.165) is 22.6 Å². The highest BCUT2D eigenvalue weighted by molar-refractivity contribution is 9.11. The molecule has 1 atom stereocenters. The van der Waals surface area contributed by atoms with Crippen LogP contribution in [-0.2, 0) is 4.74 Å². The van der Waals surface area contributed by atoms with Gasteiger partial charge in [0.25, 0.3) is 0 Å². The summed E-state index contributed by atoms with van der Waals surface area (Å²) in [5.41, 5.74) is 1.14. The third kappa shape index (κ3) is 2.11. The van der Waals surface area contributed by atoms with Gasteiger partial charge in [0.15, 0.2) is 3.92 Å². The zero-order chi connectivity index (χ0) is 9.26. The smallest absolute Gasteiger partial charge is 0.159 e. The predicted octanol–water partition coefficient (Wildman–Crippen LogP) is 3.46. The SMILES string of the molecule is Cc1sc(Br)nc1C1CCCCO1. The molecule has 1 aromatic rings. The maximum Gasteiger partial charge on any atom is 0.159 e. The van der Waals surface area contributed by atoms with Crippen molar-refractivity contribution in [2.45, 2.75) is 32.3 Å². The van der Waals surface area contributed by atoms with E-state index in [2.05, 4.69) is 27.8 Å². The Morgan fingerprint density at radius 1 is 1.54 bits per heavy atom. The second kappa shape index (κ2) is 4.07. The first-order valence-electron chi connectivity index (χ1n) is 4.52. The third-order valence-corrected chi connectivity index (χ3v) is 3.73. The Labute approximate surface area is 90.5 Å². The Morgan fingerprint density at radius 3 is 2.92 bits per heavy atom. The molecular formula is C9H12BrNOS. The summed E-state index contributed by atoms with van der Waals surface area (Å²) < 4.78 is 6.65. The van der Waals surface area contributed by atoms with Gasteiger partial charge in [-0.3, -0.25) is 0 Å². The van der Waals surface area contributed by atoms with Crippen molar-refractivity contribution < 1.29 is 4.74 Å². The van der Waals surface area contributed by atoms with Crippen LogP contribution in [0.1, 0.15) is 35.9 Å². The van der Waals surface area contributed by atoms with Crippen LogP contribution < -0.4 is 0 Å². The minimum atomic E-state index is 0.247. The molecule has 0 aromatic carbocycles. The summed E-state index contributed by atoms with van der Waals surface area (Å²) in [6.07, 6.45) is 3.83. The lowest BCUT2D eigenvalue weighted by atomic mass is 10.1. The van der Waals surface area contributed by atoms with Crippen LogP contribution in [0.5, 0.6) is 0 Å². The normalized spacial score (nSPS) is 23.4. The second-order valence-corrected chi connectivity index (χ2v) is 5.74. The van der Waals surface area contributed by atoms with Crippen molar-refractivity contribution in [2.75, 3.05) is 6.61 Å². The van der Waals surface area contributed by atoms with E-state index in [9.17, 15) is 0 Å². The molecule has 0 radical (unpaired) electrons. The summed E-state index contributed by atoms with van der Waals surface area (Å²) in [6.45, 7) is 3.00. The first-order valence-corrected chi connectivity index (χ1v) is 6.13. The van der Waals surface area contributed by atoms with Crippen LogP contribution in [0.3, 0.4) is 0 Å². The van der Waals surface area contributed by atoms with E-state index < -0.39 is 0 Å². The van der Waals surface area contributed by atoms with Gasteiger partial charge in [-0.05, 0) is 42.1 Å². The van der Waals surface area contributed by atoms with Crippen LogP contribution in [0.2, 0.25) is 0 Å². The fourth-order valence-electron chi connectivity index (χ4n) is 1.63. The molecule has 1 unspecified atom stereocenters. The minimum Gasteiger partial charge on any atom is -0.372 e. The molecule has 13 heavy (non-hydrogen) atoms. The molecule has 1 aliphatic heterocycles. The summed E-state index contributed by atoms with van der Waals surface area (Å²) in [6, 6.07) is 0. The number of rotatable bonds is 1. The van der Waals surface area contributed by atoms with Crippen LogP contribution in [0.15, 0.2) is 3.92 Å². The molecule has 2 rings (SSSR count). The van der Waals surface area contributed by atoms with Crippen LogP contribution >= 0.6 is 27.3 Å². The van der Waals surface area contributed by atoms with Gasteiger partial charge in [-0.15, -0.1) is 11.3 Å². The number of thiazole rings is 1. The highest BCUT2D eigenvalue weighted by Crippen LogP contribution is 2.33. The third-order valence-electron chi connectivity index (χ3n) is 2.29. The van der Waals surface area contributed by atoms with Crippen LogP contribution in [-0.4, -0.2) is 11.6 Å². The molecule has 0 spiro atoms. The first kappa shape index (κ1) is 9.62. The molecule has 1 aliphatic rings. The summed E-state index contributed by atoms with van der Waals surface area (Å²) in [5, 5.41) is 0. The Balaban J connectivity index is 2.18. The Kier molecular flexibility index (Phi) is 3.01. The number of hydrogen-bond acceptors (Lipinski definition) is 3. The number of aryl methyl sites for hydroxylation is 1. The number of hydrogen-bond donors (Lipinski definition) is 0. The number of ether oxygens (including phenoxy) is 1. The van der Waals surface area contributed by atoms with Crippen molar-refractivity contribution in [3.05, 3.63) is 14.5 Å². The fourth-order valence-corrected chi connectivity index (χ4v) is 3.23. The maximum absolute atomic E-state index is 5.68. The molecule has 1 fully saturated rings. The average Bonchev–Trinajstić information content (AvgIpc) is 2.47. The van der Waals surface area contributed by atoms with Gasteiger partial charge in [-0.1, -0.05) is 0 Å². The van der Waals surface area contributed by atoms with E-state index >= 15 is 0 Å². The van der Waals surface area contributed by atoms with Crippen molar-refractivity contribution >= 4 is 27.3 Å². The van der Waals surface area contributed by atoms with E-state index in [4.69, 9.17) is 4.74 Å². The first-order chi connectivity index (χ1) is 6.27. The molecule has 1 saturated heterocycles. The lowest BCUT2D eigenvalue weighted by Crippen LogP contribution is -2.12. The Bertz CT molecular complexity index is 294. The molecule has 72 valence electrons. The van der Waals surface area contributed by atoms with Crippen molar-refractivity contribution in [1.29, 1.82) is 0 Å². The van der Waals surface area contributed by atoms with Crippen LogP contribution in [0.25, 0.3) is 0 Å². The van der Waals surface area contributed by atoms with Crippen molar-refractivity contribution in [1.82, 2.24) is 4.98 Å². The van der Waals surface area contributed by atoms with E-state index in [-0.39, 0.29) is 6.10 Å². The molecule has 0 saturated carbocycles. The topological polar surface area (TPSA) is 22.1 Å². The number of nitrogens with zero attached hydrogens (tertiary/aromatic N) is 1. The summed E-state index contributed by atoms with van der Waals surface area (Å²) in [5.74, 6) is 0. The van der Waals surface area contributed by atoms with Crippen LogP contribution in [0.4, 0.5) is 0 Å². The number of aromatic nitrogens is 1. The minimum absolute atomic E-state index is 0.247. The van der Waals surface area contributed by atoms with Gasteiger partial charge < -0.3 is 4.74 Å². The largest absolute Gasteiger partial charge is 0.372 e. The molecule has 0 N–H and O–H groups in total. The summed E-state index contributed by atoms with van der Waals surface area (Å²) in [7, 11) is 0. The van der Waals surface area contributed by atoms with Gasteiger partial charge >= 0.3 is 0 Å². The zero-order valence-electron chi connectivity index (χ0n) is 7.55. The molecule has 2 heterocycles. The van der Waals surface area contributed by atoms with Gasteiger partial charge in [0, 0.05) is 11.5 Å². The zero-order valence-corrected chi connectivity index (χ0v) is 9.95. The van der Waals surface area contributed by atoms with Gasteiger partial charge in [-0.2, -0.15) is 0 Å². The van der Waals surface area contributed by atoms with Gasteiger partial charge in [0.2, 0.25) is 0 Å². The molecule has 4 heteroatoms. The molecule has 0 aliphatic carbocycles.